The molecule has 0 aromatic carbocycles. The predicted molar refractivity (Wildman–Crippen MR) is 75.4 cm³/mol. The van der Waals surface area contributed by atoms with Crippen LogP contribution in [0.2, 0.25) is 0 Å². The normalized spacial score (nSPS) is 24.2. The highest BCUT2D eigenvalue weighted by Crippen LogP contribution is 2.07. The number of hydrogen-bond donors (Lipinski definition) is 1. The molecule has 1 aliphatic rings. The summed E-state index contributed by atoms with van der Waals surface area (Å²) in [5.74, 6) is 0. The molecule has 0 aromatic heterocycles. The van der Waals surface area contributed by atoms with Crippen LogP contribution in [0.1, 0.15) is 65.2 Å². The minimum Gasteiger partial charge on any atom is -1.00 e. The van der Waals surface area contributed by atoms with E-state index in [4.69, 9.17) is 0 Å². The lowest BCUT2D eigenvalue weighted by atomic mass is 10.1. The molecule has 1 aliphatic heterocycles. The summed E-state index contributed by atoms with van der Waals surface area (Å²) < 4.78 is 0. The molecule has 3 heteroatoms. The summed E-state index contributed by atoms with van der Waals surface area (Å²) in [6.45, 7) is 8.69. The molecule has 110 valence electrons. The quantitative estimate of drug-likeness (QED) is 0.552. The Kier molecular flexibility index (Phi) is 11.5. The monoisotopic (exact) mass is 320 g/mol. The highest BCUT2D eigenvalue weighted by Gasteiger charge is 2.28. The summed E-state index contributed by atoms with van der Waals surface area (Å²) in [5, 5.41) is 0. The maximum atomic E-state index is 2.49. The first-order valence-corrected chi connectivity index (χ1v) is 7.80. The Balaban J connectivity index is 0.00000289. The van der Waals surface area contributed by atoms with Gasteiger partial charge in [0.2, 0.25) is 0 Å². The Morgan fingerprint density at radius 2 is 1.56 bits per heavy atom. The number of nitrogens with zero attached hydrogens (tertiary/aromatic N) is 1. The Labute approximate surface area is 125 Å². The topological polar surface area (TPSA) is 7.68 Å². The van der Waals surface area contributed by atoms with Crippen LogP contribution >= 0.6 is 0 Å². The van der Waals surface area contributed by atoms with Gasteiger partial charge in [-0.2, -0.15) is 0 Å². The molecule has 0 spiro atoms. The summed E-state index contributed by atoms with van der Waals surface area (Å²) >= 11 is 0. The average Bonchev–Trinajstić information content (AvgIpc) is 2.64. The summed E-state index contributed by atoms with van der Waals surface area (Å²) in [4.78, 5) is 4.29. The Bertz CT molecular complexity index is 187. The number of likely N-dealkylation sites (N-methyl/N-ethyl adjacent to an activating group) is 1. The van der Waals surface area contributed by atoms with Gasteiger partial charge in [-0.05, 0) is 19.9 Å². The van der Waals surface area contributed by atoms with Crippen molar-refractivity contribution in [2.75, 3.05) is 26.7 Å². The number of halogens is 1. The summed E-state index contributed by atoms with van der Waals surface area (Å²) in [5.41, 5.74) is 0. The van der Waals surface area contributed by atoms with Gasteiger partial charge in [0.25, 0.3) is 0 Å². The molecule has 0 aromatic rings. The second-order valence-corrected chi connectivity index (χ2v) is 5.79. The van der Waals surface area contributed by atoms with Crippen molar-refractivity contribution in [2.24, 2.45) is 0 Å². The minimum atomic E-state index is 0. The van der Waals surface area contributed by atoms with Crippen molar-refractivity contribution in [3.05, 3.63) is 0 Å². The molecule has 2 unspecified atom stereocenters. The molecule has 0 saturated carbocycles. The fourth-order valence-corrected chi connectivity index (χ4v) is 2.85. The van der Waals surface area contributed by atoms with Crippen molar-refractivity contribution >= 4 is 0 Å². The molecule has 0 radical (unpaired) electrons. The molecule has 1 rings (SSSR count). The highest BCUT2D eigenvalue weighted by molar-refractivity contribution is 4.58. The smallest absolute Gasteiger partial charge is 0.140 e. The number of nitrogens with one attached hydrogen (secondary N) is 1. The zero-order chi connectivity index (χ0) is 12.5. The fourth-order valence-electron chi connectivity index (χ4n) is 2.85. The lowest BCUT2D eigenvalue weighted by Gasteiger charge is -2.20. The van der Waals surface area contributed by atoms with E-state index in [0.717, 1.165) is 6.17 Å². The first-order valence-electron chi connectivity index (χ1n) is 7.80. The third-order valence-electron chi connectivity index (χ3n) is 4.39. The number of quaternary nitrogens is 1. The van der Waals surface area contributed by atoms with Gasteiger partial charge in [-0.25, -0.2) is 0 Å². The van der Waals surface area contributed by atoms with Crippen molar-refractivity contribution in [3.8, 4) is 0 Å². The minimum absolute atomic E-state index is 0. The Morgan fingerprint density at radius 1 is 1.00 bits per heavy atom. The first kappa shape index (κ1) is 18.4. The van der Waals surface area contributed by atoms with Gasteiger partial charge < -0.3 is 21.9 Å². The van der Waals surface area contributed by atoms with Gasteiger partial charge in [0.15, 0.2) is 0 Å². The van der Waals surface area contributed by atoms with Crippen LogP contribution in [0.3, 0.4) is 0 Å². The van der Waals surface area contributed by atoms with E-state index in [9.17, 15) is 0 Å². The third kappa shape index (κ3) is 7.10. The first-order chi connectivity index (χ1) is 8.25. The SMILES string of the molecule is CCCCCCCCCC[NH+]1CCN(C)C1C.[Br-]. The van der Waals surface area contributed by atoms with Gasteiger partial charge in [-0.15, -0.1) is 0 Å². The lowest BCUT2D eigenvalue weighted by molar-refractivity contribution is -0.916. The molecule has 0 amide bonds. The average molecular weight is 321 g/mol. The number of unbranched alkanes of at least 4 members (excludes halogenated alkanes) is 7. The molecular formula is C15H33BrN2. The van der Waals surface area contributed by atoms with Gasteiger partial charge in [0, 0.05) is 6.92 Å². The second kappa shape index (κ2) is 11.2. The van der Waals surface area contributed by atoms with Gasteiger partial charge >= 0.3 is 0 Å². The molecular weight excluding hydrogens is 288 g/mol. The summed E-state index contributed by atoms with van der Waals surface area (Å²) in [6.07, 6.45) is 12.3. The molecule has 2 nitrogen and oxygen atoms in total. The van der Waals surface area contributed by atoms with Crippen molar-refractivity contribution in [3.63, 3.8) is 0 Å². The second-order valence-electron chi connectivity index (χ2n) is 5.79. The van der Waals surface area contributed by atoms with Crippen LogP contribution in [0.15, 0.2) is 0 Å². The van der Waals surface area contributed by atoms with E-state index in [-0.39, 0.29) is 17.0 Å². The van der Waals surface area contributed by atoms with E-state index < -0.39 is 0 Å². The van der Waals surface area contributed by atoms with Gasteiger partial charge in [0.05, 0.1) is 19.6 Å². The molecule has 1 fully saturated rings. The fraction of sp³-hybridized carbons (Fsp3) is 1.00. The van der Waals surface area contributed by atoms with E-state index in [0.29, 0.717) is 0 Å². The molecule has 1 N–H and O–H groups in total. The highest BCUT2D eigenvalue weighted by atomic mass is 79.9. The van der Waals surface area contributed by atoms with Gasteiger partial charge in [0.1, 0.15) is 6.17 Å². The van der Waals surface area contributed by atoms with Crippen LogP contribution in [0.4, 0.5) is 0 Å². The standard InChI is InChI=1S/C15H32N2.BrH/c1-4-5-6-7-8-9-10-11-12-17-14-13-16(3)15(17)2;/h15H,4-14H2,1-3H3;1H. The van der Waals surface area contributed by atoms with Crippen molar-refractivity contribution in [2.45, 2.75) is 71.4 Å². The van der Waals surface area contributed by atoms with Gasteiger partial charge in [-0.3, -0.25) is 4.90 Å². The summed E-state index contributed by atoms with van der Waals surface area (Å²) in [7, 11) is 2.26. The number of rotatable bonds is 9. The van der Waals surface area contributed by atoms with Crippen LogP contribution < -0.4 is 21.9 Å². The maximum Gasteiger partial charge on any atom is 0.140 e. The van der Waals surface area contributed by atoms with E-state index in [1.807, 2.05) is 0 Å². The molecule has 1 saturated heterocycles. The largest absolute Gasteiger partial charge is 1.00 e. The zero-order valence-corrected chi connectivity index (χ0v) is 14.3. The summed E-state index contributed by atoms with van der Waals surface area (Å²) in [6, 6.07) is 0. The van der Waals surface area contributed by atoms with E-state index in [1.165, 1.54) is 71.0 Å². The number of hydrogen-bond acceptors (Lipinski definition) is 1. The van der Waals surface area contributed by atoms with Crippen LogP contribution in [0.25, 0.3) is 0 Å². The molecule has 18 heavy (non-hydrogen) atoms. The molecule has 1 heterocycles. The van der Waals surface area contributed by atoms with Crippen LogP contribution in [0, 0.1) is 0 Å². The predicted octanol–water partition coefficient (Wildman–Crippen LogP) is -0.693. The van der Waals surface area contributed by atoms with E-state index in [2.05, 4.69) is 25.8 Å². The van der Waals surface area contributed by atoms with Crippen LogP contribution in [0.5, 0.6) is 0 Å². The lowest BCUT2D eigenvalue weighted by Crippen LogP contribution is -3.14. The van der Waals surface area contributed by atoms with Gasteiger partial charge in [-0.1, -0.05) is 45.4 Å². The van der Waals surface area contributed by atoms with E-state index in [1.54, 1.807) is 4.90 Å². The Morgan fingerprint density at radius 3 is 2.06 bits per heavy atom. The van der Waals surface area contributed by atoms with Crippen LogP contribution in [-0.4, -0.2) is 37.7 Å². The molecule has 0 aliphatic carbocycles. The third-order valence-corrected chi connectivity index (χ3v) is 4.39. The molecule has 0 bridgehead atoms. The van der Waals surface area contributed by atoms with Crippen molar-refractivity contribution in [1.29, 1.82) is 0 Å². The molecule has 2 atom stereocenters. The van der Waals surface area contributed by atoms with E-state index >= 15 is 0 Å². The maximum absolute atomic E-state index is 2.49. The van der Waals surface area contributed by atoms with Crippen LogP contribution in [-0.2, 0) is 0 Å². The Hall–Kier alpha value is 0.400. The zero-order valence-electron chi connectivity index (χ0n) is 12.7. The van der Waals surface area contributed by atoms with Crippen molar-refractivity contribution in [1.82, 2.24) is 4.90 Å². The van der Waals surface area contributed by atoms with Crippen molar-refractivity contribution < 1.29 is 21.9 Å².